The summed E-state index contributed by atoms with van der Waals surface area (Å²) in [5.41, 5.74) is 1.09. The van der Waals surface area contributed by atoms with Gasteiger partial charge in [0.25, 0.3) is 0 Å². The third-order valence-electron chi connectivity index (χ3n) is 6.07. The van der Waals surface area contributed by atoms with Crippen LogP contribution in [0.3, 0.4) is 0 Å². The van der Waals surface area contributed by atoms with Crippen molar-refractivity contribution in [1.29, 1.82) is 0 Å². The maximum absolute atomic E-state index is 13.4. The molecule has 2 aliphatic heterocycles. The summed E-state index contributed by atoms with van der Waals surface area (Å²) in [6, 6.07) is 7.68. The van der Waals surface area contributed by atoms with Crippen LogP contribution < -0.4 is 4.74 Å². The van der Waals surface area contributed by atoms with Gasteiger partial charge in [-0.3, -0.25) is 9.59 Å². The van der Waals surface area contributed by atoms with E-state index in [4.69, 9.17) is 9.47 Å². The van der Waals surface area contributed by atoms with E-state index in [1.165, 1.54) is 17.0 Å². The normalized spacial score (nSPS) is 20.1. The van der Waals surface area contributed by atoms with E-state index >= 15 is 0 Å². The first-order chi connectivity index (χ1) is 15.5. The predicted molar refractivity (Wildman–Crippen MR) is 120 cm³/mol. The van der Waals surface area contributed by atoms with E-state index in [1.807, 2.05) is 23.3 Å². The van der Waals surface area contributed by atoms with Gasteiger partial charge in [-0.25, -0.2) is 4.39 Å². The highest BCUT2D eigenvalue weighted by Crippen LogP contribution is 2.34. The first kappa shape index (κ1) is 22.7. The highest BCUT2D eigenvalue weighted by atomic mass is 32.1. The molecule has 2 atom stereocenters. The summed E-state index contributed by atoms with van der Waals surface area (Å²) in [5, 5.41) is 2.04. The van der Waals surface area contributed by atoms with Crippen molar-refractivity contribution >= 4 is 23.2 Å². The van der Waals surface area contributed by atoms with Crippen molar-refractivity contribution < 1.29 is 23.5 Å². The monoisotopic (exact) mass is 460 g/mol. The van der Waals surface area contributed by atoms with E-state index in [1.54, 1.807) is 28.4 Å². The molecule has 0 aliphatic carbocycles. The Balaban J connectivity index is 1.47. The fraction of sp³-hybridized carbons (Fsp3) is 0.500. The lowest BCUT2D eigenvalue weighted by Crippen LogP contribution is -2.49. The Bertz CT molecular complexity index is 926. The molecule has 0 radical (unpaired) electrons. The minimum absolute atomic E-state index is 0.000684. The van der Waals surface area contributed by atoms with Crippen LogP contribution in [0.1, 0.15) is 42.7 Å². The molecule has 0 unspecified atom stereocenters. The summed E-state index contributed by atoms with van der Waals surface area (Å²) >= 11 is 1.69. The molecule has 0 N–H and O–H groups in total. The first-order valence-corrected chi connectivity index (χ1v) is 12.1. The van der Waals surface area contributed by atoms with Crippen LogP contribution in [0, 0.1) is 5.82 Å². The third kappa shape index (κ3) is 5.30. The largest absolute Gasteiger partial charge is 0.491 e. The SMILES string of the molecule is CCC(=O)N(CC(=O)N1CCc2sccc2[C@@H]1COc1ccc(F)cc1)C[C@H]1CCCO1. The van der Waals surface area contributed by atoms with Crippen LogP contribution in [0.4, 0.5) is 4.39 Å². The van der Waals surface area contributed by atoms with E-state index in [-0.39, 0.29) is 42.9 Å². The van der Waals surface area contributed by atoms with Gasteiger partial charge in [-0.2, -0.15) is 0 Å². The number of halogens is 1. The van der Waals surface area contributed by atoms with Crippen LogP contribution >= 0.6 is 11.3 Å². The molecular weight excluding hydrogens is 431 g/mol. The second-order valence-electron chi connectivity index (χ2n) is 8.18. The molecule has 0 bridgehead atoms. The number of hydrogen-bond donors (Lipinski definition) is 0. The molecule has 2 aliphatic rings. The predicted octanol–water partition coefficient (Wildman–Crippen LogP) is 3.81. The smallest absolute Gasteiger partial charge is 0.242 e. The Labute approximate surface area is 191 Å². The number of ether oxygens (including phenoxy) is 2. The van der Waals surface area contributed by atoms with Crippen molar-refractivity contribution in [2.45, 2.75) is 44.8 Å². The van der Waals surface area contributed by atoms with Crippen molar-refractivity contribution in [2.24, 2.45) is 0 Å². The number of carbonyl (C=O) groups is 2. The molecule has 8 heteroatoms. The van der Waals surface area contributed by atoms with Crippen LogP contribution in [0.2, 0.25) is 0 Å². The molecule has 32 heavy (non-hydrogen) atoms. The molecule has 3 heterocycles. The highest BCUT2D eigenvalue weighted by Gasteiger charge is 2.34. The average molecular weight is 461 g/mol. The fourth-order valence-corrected chi connectivity index (χ4v) is 5.28. The Kier molecular flexibility index (Phi) is 7.42. The van der Waals surface area contributed by atoms with Crippen LogP contribution in [-0.2, 0) is 20.7 Å². The van der Waals surface area contributed by atoms with Gasteiger partial charge in [0.15, 0.2) is 0 Å². The van der Waals surface area contributed by atoms with Gasteiger partial charge in [-0.15, -0.1) is 11.3 Å². The Morgan fingerprint density at radius 3 is 2.81 bits per heavy atom. The fourth-order valence-electron chi connectivity index (χ4n) is 4.35. The van der Waals surface area contributed by atoms with Crippen LogP contribution in [0.15, 0.2) is 35.7 Å². The minimum atomic E-state index is -0.320. The number of benzene rings is 1. The Morgan fingerprint density at radius 1 is 1.28 bits per heavy atom. The first-order valence-electron chi connectivity index (χ1n) is 11.2. The topological polar surface area (TPSA) is 59.1 Å². The molecule has 1 aromatic heterocycles. The molecule has 0 spiro atoms. The molecule has 1 fully saturated rings. The van der Waals surface area contributed by atoms with Gasteiger partial charge in [-0.05, 0) is 60.5 Å². The van der Waals surface area contributed by atoms with Crippen molar-refractivity contribution in [3.8, 4) is 5.75 Å². The summed E-state index contributed by atoms with van der Waals surface area (Å²) in [7, 11) is 0. The highest BCUT2D eigenvalue weighted by molar-refractivity contribution is 7.10. The molecule has 4 rings (SSSR count). The van der Waals surface area contributed by atoms with Gasteiger partial charge >= 0.3 is 0 Å². The standard InChI is InChI=1S/C24H29FN2O4S/c1-2-23(28)26(14-19-4-3-12-30-19)15-24(29)27-11-9-22-20(10-13-32-22)21(27)16-31-18-7-5-17(25)6-8-18/h5-8,10,13,19,21H,2-4,9,11-12,14-16H2,1H3/t19-,21+/m1/s1. The van der Waals surface area contributed by atoms with E-state index in [0.717, 1.165) is 24.8 Å². The lowest BCUT2D eigenvalue weighted by molar-refractivity contribution is -0.143. The molecule has 172 valence electrons. The molecule has 2 amide bonds. The number of carbonyl (C=O) groups excluding carboxylic acids is 2. The molecule has 0 saturated carbocycles. The molecule has 2 aromatic rings. The number of fused-ring (bicyclic) bond motifs is 1. The zero-order chi connectivity index (χ0) is 22.5. The van der Waals surface area contributed by atoms with Crippen LogP contribution in [-0.4, -0.2) is 60.6 Å². The van der Waals surface area contributed by atoms with Crippen molar-refractivity contribution in [3.63, 3.8) is 0 Å². The number of hydrogen-bond acceptors (Lipinski definition) is 5. The number of thiophene rings is 1. The number of amides is 2. The summed E-state index contributed by atoms with van der Waals surface area (Å²) in [5.74, 6) is 0.108. The summed E-state index contributed by atoms with van der Waals surface area (Å²) in [6.45, 7) is 3.87. The molecule has 1 saturated heterocycles. The second kappa shape index (κ2) is 10.4. The summed E-state index contributed by atoms with van der Waals surface area (Å²) in [6.07, 6.45) is 3.05. The third-order valence-corrected chi connectivity index (χ3v) is 7.06. The van der Waals surface area contributed by atoms with Gasteiger partial charge in [0.05, 0.1) is 18.7 Å². The lowest BCUT2D eigenvalue weighted by Gasteiger charge is -2.37. The van der Waals surface area contributed by atoms with Crippen LogP contribution in [0.5, 0.6) is 5.75 Å². The van der Waals surface area contributed by atoms with Crippen molar-refractivity contribution in [1.82, 2.24) is 9.80 Å². The van der Waals surface area contributed by atoms with E-state index in [9.17, 15) is 14.0 Å². The minimum Gasteiger partial charge on any atom is -0.491 e. The molecular formula is C24H29FN2O4S. The number of rotatable bonds is 8. The number of nitrogens with zero attached hydrogens (tertiary/aromatic N) is 2. The van der Waals surface area contributed by atoms with Gasteiger partial charge in [0, 0.05) is 31.0 Å². The Morgan fingerprint density at radius 2 is 2.09 bits per heavy atom. The summed E-state index contributed by atoms with van der Waals surface area (Å²) in [4.78, 5) is 30.6. The quantitative estimate of drug-likeness (QED) is 0.601. The van der Waals surface area contributed by atoms with E-state index in [0.29, 0.717) is 31.9 Å². The van der Waals surface area contributed by atoms with Gasteiger partial charge in [0.1, 0.15) is 18.2 Å². The maximum atomic E-state index is 13.4. The second-order valence-corrected chi connectivity index (χ2v) is 9.18. The van der Waals surface area contributed by atoms with Gasteiger partial charge < -0.3 is 19.3 Å². The van der Waals surface area contributed by atoms with Crippen molar-refractivity contribution in [2.75, 3.05) is 32.8 Å². The lowest BCUT2D eigenvalue weighted by atomic mass is 10.0. The molecule has 1 aromatic carbocycles. The molecule has 6 nitrogen and oxygen atoms in total. The average Bonchev–Trinajstić information content (AvgIpc) is 3.49. The van der Waals surface area contributed by atoms with Crippen LogP contribution in [0.25, 0.3) is 0 Å². The zero-order valence-electron chi connectivity index (χ0n) is 18.3. The zero-order valence-corrected chi connectivity index (χ0v) is 19.1. The van der Waals surface area contributed by atoms with E-state index in [2.05, 4.69) is 0 Å². The summed E-state index contributed by atoms with van der Waals surface area (Å²) < 4.78 is 24.8. The Hall–Kier alpha value is -2.45. The van der Waals surface area contributed by atoms with E-state index < -0.39 is 0 Å². The van der Waals surface area contributed by atoms with Gasteiger partial charge in [-0.1, -0.05) is 6.92 Å². The van der Waals surface area contributed by atoms with Gasteiger partial charge in [0.2, 0.25) is 11.8 Å². The maximum Gasteiger partial charge on any atom is 0.242 e. The van der Waals surface area contributed by atoms with Crippen molar-refractivity contribution in [3.05, 3.63) is 52.0 Å².